The van der Waals surface area contributed by atoms with E-state index in [-0.39, 0.29) is 19.8 Å². The van der Waals surface area contributed by atoms with E-state index in [4.69, 9.17) is 18.9 Å². The molecule has 1 aliphatic heterocycles. The third-order valence-corrected chi connectivity index (χ3v) is 5.95. The first-order valence-corrected chi connectivity index (χ1v) is 12.0. The molecule has 1 aliphatic rings. The van der Waals surface area contributed by atoms with E-state index >= 15 is 0 Å². The van der Waals surface area contributed by atoms with Crippen LogP contribution in [0.5, 0.6) is 0 Å². The van der Waals surface area contributed by atoms with Crippen LogP contribution in [0, 0.1) is 0 Å². The minimum Gasteiger partial charge on any atom is -0.459 e. The summed E-state index contributed by atoms with van der Waals surface area (Å²) in [5.74, 6) is -0.526. The predicted molar refractivity (Wildman–Crippen MR) is 132 cm³/mol. The molecule has 1 fully saturated rings. The number of aliphatic hydroxyl groups excluding tert-OH is 1. The van der Waals surface area contributed by atoms with Crippen LogP contribution < -0.4 is 0 Å². The van der Waals surface area contributed by atoms with Gasteiger partial charge in [0, 0.05) is 6.61 Å². The van der Waals surface area contributed by atoms with Gasteiger partial charge in [0.2, 0.25) is 0 Å². The fourth-order valence-electron chi connectivity index (χ4n) is 4.09. The first-order chi connectivity index (χ1) is 17.2. The Labute approximate surface area is 206 Å². The molecule has 1 N–H and O–H groups in total. The zero-order valence-electron chi connectivity index (χ0n) is 19.7. The minimum absolute atomic E-state index is 0.0333. The quantitative estimate of drug-likeness (QED) is 0.332. The van der Waals surface area contributed by atoms with E-state index in [1.807, 2.05) is 78.9 Å². The van der Waals surface area contributed by atoms with Crippen LogP contribution in [-0.4, -0.2) is 48.7 Å². The molecule has 4 atom stereocenters. The maximum absolute atomic E-state index is 13.0. The Bertz CT molecular complexity index is 1010. The second-order valence-corrected chi connectivity index (χ2v) is 8.60. The second kappa shape index (κ2) is 13.2. The summed E-state index contributed by atoms with van der Waals surface area (Å²) in [7, 11) is 0. The first-order valence-electron chi connectivity index (χ1n) is 12.0. The Morgan fingerprint density at radius 3 is 1.97 bits per heavy atom. The topological polar surface area (TPSA) is 74.2 Å². The van der Waals surface area contributed by atoms with Gasteiger partial charge in [0.15, 0.2) is 6.10 Å². The lowest BCUT2D eigenvalue weighted by atomic mass is 9.99. The maximum Gasteiger partial charge on any atom is 0.338 e. The van der Waals surface area contributed by atoms with Crippen molar-refractivity contribution in [1.82, 2.24) is 0 Å². The number of rotatable bonds is 11. The third kappa shape index (κ3) is 7.47. The average Bonchev–Trinajstić information content (AvgIpc) is 2.91. The molecule has 0 bridgehead atoms. The molecule has 1 heterocycles. The number of hydrogen-bond acceptors (Lipinski definition) is 6. The second-order valence-electron chi connectivity index (χ2n) is 8.60. The molecular weight excluding hydrogens is 444 g/mol. The molecule has 3 aromatic rings. The number of carbonyl (C=O) groups is 1. The van der Waals surface area contributed by atoms with Gasteiger partial charge < -0.3 is 24.1 Å². The molecule has 6 nitrogen and oxygen atoms in total. The summed E-state index contributed by atoms with van der Waals surface area (Å²) in [6, 6.07) is 29.3. The number of aryl methyl sites for hydroxylation is 1. The zero-order valence-corrected chi connectivity index (χ0v) is 19.7. The molecule has 6 heteroatoms. The fraction of sp³-hybridized carbons (Fsp3) is 0.345. The average molecular weight is 477 g/mol. The summed E-state index contributed by atoms with van der Waals surface area (Å²) in [5, 5.41) is 10.7. The highest BCUT2D eigenvalue weighted by Crippen LogP contribution is 2.25. The van der Waals surface area contributed by atoms with Gasteiger partial charge in [-0.1, -0.05) is 91.0 Å². The third-order valence-electron chi connectivity index (χ3n) is 5.95. The maximum atomic E-state index is 13.0. The van der Waals surface area contributed by atoms with Crippen molar-refractivity contribution in [3.63, 3.8) is 0 Å². The van der Waals surface area contributed by atoms with Gasteiger partial charge in [0.25, 0.3) is 0 Å². The largest absolute Gasteiger partial charge is 0.459 e. The molecule has 4 rings (SSSR count). The molecule has 0 spiro atoms. The molecule has 2 unspecified atom stereocenters. The Balaban J connectivity index is 1.41. The van der Waals surface area contributed by atoms with Crippen molar-refractivity contribution in [1.29, 1.82) is 0 Å². The van der Waals surface area contributed by atoms with E-state index in [0.717, 1.165) is 24.0 Å². The van der Waals surface area contributed by atoms with Gasteiger partial charge in [-0.2, -0.15) is 0 Å². The van der Waals surface area contributed by atoms with Gasteiger partial charge in [-0.3, -0.25) is 0 Å². The van der Waals surface area contributed by atoms with Crippen LogP contribution >= 0.6 is 0 Å². The monoisotopic (exact) mass is 476 g/mol. The van der Waals surface area contributed by atoms with Crippen LogP contribution in [-0.2, 0) is 43.4 Å². The van der Waals surface area contributed by atoms with Crippen molar-refractivity contribution in [2.75, 3.05) is 13.2 Å². The van der Waals surface area contributed by atoms with E-state index in [9.17, 15) is 9.90 Å². The molecule has 184 valence electrons. The first kappa shape index (κ1) is 25.1. The van der Waals surface area contributed by atoms with Crippen LogP contribution in [0.2, 0.25) is 0 Å². The van der Waals surface area contributed by atoms with Crippen LogP contribution in [0.3, 0.4) is 0 Å². The summed E-state index contributed by atoms with van der Waals surface area (Å²) in [5.41, 5.74) is 3.07. The number of carbonyl (C=O) groups excluding carboxylic acids is 1. The number of esters is 1. The lowest BCUT2D eigenvalue weighted by Crippen LogP contribution is -2.58. The van der Waals surface area contributed by atoms with Crippen molar-refractivity contribution < 1.29 is 28.8 Å². The summed E-state index contributed by atoms with van der Waals surface area (Å²) in [4.78, 5) is 13.0. The van der Waals surface area contributed by atoms with Gasteiger partial charge in [-0.05, 0) is 29.5 Å². The van der Waals surface area contributed by atoms with E-state index < -0.39 is 30.4 Å². The minimum atomic E-state index is -0.986. The highest BCUT2D eigenvalue weighted by atomic mass is 16.6. The number of aliphatic hydroxyl groups is 1. The van der Waals surface area contributed by atoms with Crippen molar-refractivity contribution in [2.24, 2.45) is 0 Å². The lowest BCUT2D eigenvalue weighted by Gasteiger charge is -2.39. The van der Waals surface area contributed by atoms with Crippen LogP contribution in [0.15, 0.2) is 91.0 Å². The van der Waals surface area contributed by atoms with Gasteiger partial charge in [0.1, 0.15) is 24.9 Å². The zero-order chi connectivity index (χ0) is 24.3. The Morgan fingerprint density at radius 2 is 1.34 bits per heavy atom. The van der Waals surface area contributed by atoms with Crippen LogP contribution in [0.4, 0.5) is 0 Å². The van der Waals surface area contributed by atoms with E-state index in [1.165, 1.54) is 5.56 Å². The number of benzene rings is 3. The standard InChI is InChI=1S/C29H32O6/c30-25-21-34-28(29(31)35-20-24-15-8-3-9-16-24)27(26(25)33-19-23-13-6-2-7-14-23)32-18-10-17-22-11-4-1-5-12-22/h1-9,11-16,25-28,30H,10,17-21H2/t25?,26-,27-,28?/m1/s1. The van der Waals surface area contributed by atoms with E-state index in [0.29, 0.717) is 6.61 Å². The summed E-state index contributed by atoms with van der Waals surface area (Å²) < 4.78 is 23.5. The predicted octanol–water partition coefficient (Wildman–Crippen LogP) is 4.09. The van der Waals surface area contributed by atoms with Gasteiger partial charge >= 0.3 is 5.97 Å². The highest BCUT2D eigenvalue weighted by Gasteiger charge is 2.45. The molecule has 0 aliphatic carbocycles. The van der Waals surface area contributed by atoms with E-state index in [2.05, 4.69) is 12.1 Å². The summed E-state index contributed by atoms with van der Waals surface area (Å²) in [6.07, 6.45) is -1.82. The Kier molecular flexibility index (Phi) is 9.43. The van der Waals surface area contributed by atoms with Crippen LogP contribution in [0.25, 0.3) is 0 Å². The fourth-order valence-corrected chi connectivity index (χ4v) is 4.09. The van der Waals surface area contributed by atoms with E-state index in [1.54, 1.807) is 0 Å². The summed E-state index contributed by atoms with van der Waals surface area (Å²) in [6.45, 7) is 0.786. The van der Waals surface area contributed by atoms with Crippen LogP contribution in [0.1, 0.15) is 23.1 Å². The molecule has 0 amide bonds. The van der Waals surface area contributed by atoms with Gasteiger partial charge in [-0.25, -0.2) is 4.79 Å². The normalized spacial score (nSPS) is 22.0. The molecule has 0 saturated carbocycles. The van der Waals surface area contributed by atoms with Crippen molar-refractivity contribution in [3.05, 3.63) is 108 Å². The Hall–Kier alpha value is -3.03. The smallest absolute Gasteiger partial charge is 0.338 e. The molecule has 1 saturated heterocycles. The number of hydrogen-bond donors (Lipinski definition) is 1. The molecule has 0 aromatic heterocycles. The van der Waals surface area contributed by atoms with Gasteiger partial charge in [0.05, 0.1) is 13.2 Å². The van der Waals surface area contributed by atoms with Crippen molar-refractivity contribution in [3.8, 4) is 0 Å². The Morgan fingerprint density at radius 1 is 0.771 bits per heavy atom. The van der Waals surface area contributed by atoms with Crippen molar-refractivity contribution >= 4 is 5.97 Å². The molecular formula is C29H32O6. The molecule has 35 heavy (non-hydrogen) atoms. The van der Waals surface area contributed by atoms with Crippen molar-refractivity contribution in [2.45, 2.75) is 50.5 Å². The lowest BCUT2D eigenvalue weighted by molar-refractivity contribution is -0.230. The summed E-state index contributed by atoms with van der Waals surface area (Å²) >= 11 is 0. The number of ether oxygens (including phenoxy) is 4. The highest BCUT2D eigenvalue weighted by molar-refractivity contribution is 5.75. The molecule has 0 radical (unpaired) electrons. The SMILES string of the molecule is O=C(OCc1ccccc1)C1OCC(O)[C@@H](OCc2ccccc2)[C@H]1OCCCc1ccccc1. The van der Waals surface area contributed by atoms with Gasteiger partial charge in [-0.15, -0.1) is 0 Å². The molecule has 3 aromatic carbocycles.